The Morgan fingerprint density at radius 2 is 1.85 bits per heavy atom. The molecule has 1 saturated carbocycles. The lowest BCUT2D eigenvalue weighted by molar-refractivity contribution is -0.143. The van der Waals surface area contributed by atoms with Crippen LogP contribution in [0.15, 0.2) is 30.3 Å². The molecule has 0 saturated heterocycles. The predicted molar refractivity (Wildman–Crippen MR) is 128 cm³/mol. The van der Waals surface area contributed by atoms with Gasteiger partial charge in [-0.25, -0.2) is 0 Å². The number of hydrogen-bond donors (Lipinski definition) is 1. The van der Waals surface area contributed by atoms with Crippen molar-refractivity contribution < 1.29 is 27.4 Å². The van der Waals surface area contributed by atoms with Gasteiger partial charge in [0, 0.05) is 13.0 Å². The first-order chi connectivity index (χ1) is 16.2. The zero-order valence-corrected chi connectivity index (χ0v) is 20.3. The second-order valence-electron chi connectivity index (χ2n) is 9.48. The summed E-state index contributed by atoms with van der Waals surface area (Å²) in [7, 11) is 0. The largest absolute Gasteiger partial charge is 0.490 e. The van der Waals surface area contributed by atoms with Crippen LogP contribution in [-0.4, -0.2) is 25.2 Å². The van der Waals surface area contributed by atoms with E-state index in [1.807, 2.05) is 0 Å². The van der Waals surface area contributed by atoms with Crippen molar-refractivity contribution in [1.82, 2.24) is 5.32 Å². The maximum atomic E-state index is 14.1. The van der Waals surface area contributed by atoms with Gasteiger partial charge in [-0.15, -0.1) is 0 Å². The Hall–Kier alpha value is -2.28. The number of ether oxygens (including phenoxy) is 2. The Kier molecular flexibility index (Phi) is 9.23. The number of benzene rings is 2. The van der Waals surface area contributed by atoms with Crippen LogP contribution < -0.4 is 10.1 Å². The molecule has 4 nitrogen and oxygen atoms in total. The van der Waals surface area contributed by atoms with Crippen LogP contribution in [0.2, 0.25) is 0 Å². The monoisotopic (exact) mass is 479 g/mol. The molecule has 3 rings (SSSR count). The molecule has 1 aliphatic carbocycles. The number of halogens is 3. The topological polar surface area (TPSA) is 47.6 Å². The van der Waals surface area contributed by atoms with Crippen molar-refractivity contribution in [2.24, 2.45) is 11.8 Å². The van der Waals surface area contributed by atoms with E-state index in [4.69, 9.17) is 9.47 Å². The lowest BCUT2D eigenvalue weighted by atomic mass is 9.80. The normalized spacial score (nSPS) is 18.9. The van der Waals surface area contributed by atoms with Gasteiger partial charge in [-0.05, 0) is 85.9 Å². The molecule has 0 aromatic heterocycles. The van der Waals surface area contributed by atoms with E-state index < -0.39 is 11.7 Å². The molecule has 1 N–H and O–H groups in total. The van der Waals surface area contributed by atoms with Crippen molar-refractivity contribution >= 4 is 16.7 Å². The van der Waals surface area contributed by atoms with Crippen LogP contribution >= 0.6 is 0 Å². The van der Waals surface area contributed by atoms with Gasteiger partial charge in [-0.2, -0.15) is 13.2 Å². The van der Waals surface area contributed by atoms with Gasteiger partial charge in [-0.1, -0.05) is 32.0 Å². The van der Waals surface area contributed by atoms with Gasteiger partial charge in [-0.3, -0.25) is 4.79 Å². The summed E-state index contributed by atoms with van der Waals surface area (Å²) >= 11 is 0. The molecule has 1 aliphatic rings. The minimum Gasteiger partial charge on any atom is -0.490 e. The average molecular weight is 480 g/mol. The summed E-state index contributed by atoms with van der Waals surface area (Å²) in [6.45, 7) is 7.67. The van der Waals surface area contributed by atoms with Crippen molar-refractivity contribution in [2.75, 3.05) is 13.2 Å². The summed E-state index contributed by atoms with van der Waals surface area (Å²) in [6.07, 6.45) is -0.123. The molecule has 2 aromatic carbocycles. The first kappa shape index (κ1) is 26.3. The molecule has 0 spiro atoms. The van der Waals surface area contributed by atoms with E-state index in [-0.39, 0.29) is 23.2 Å². The minimum atomic E-state index is -4.50. The fourth-order valence-electron chi connectivity index (χ4n) is 4.74. The van der Waals surface area contributed by atoms with Gasteiger partial charge in [0.05, 0.1) is 12.7 Å². The van der Waals surface area contributed by atoms with Crippen LogP contribution in [-0.2, 0) is 22.3 Å². The molecule has 1 fully saturated rings. The SMILES string of the molecule is CCOC(=O)CCCNCc1ccc2c(C(F)(F)F)c(OC3CCC(C(C)C)CC3)ccc2c1. The third kappa shape index (κ3) is 7.11. The van der Waals surface area contributed by atoms with E-state index in [0.29, 0.717) is 49.8 Å². The second-order valence-corrected chi connectivity index (χ2v) is 9.48. The van der Waals surface area contributed by atoms with E-state index in [2.05, 4.69) is 19.2 Å². The summed E-state index contributed by atoms with van der Waals surface area (Å²) in [5, 5.41) is 3.93. The third-order valence-corrected chi connectivity index (χ3v) is 6.65. The summed E-state index contributed by atoms with van der Waals surface area (Å²) < 4.78 is 53.1. The van der Waals surface area contributed by atoms with Crippen LogP contribution in [0.1, 0.15) is 70.4 Å². The Bertz CT molecular complexity index is 950. The van der Waals surface area contributed by atoms with E-state index in [1.165, 1.54) is 12.1 Å². The summed E-state index contributed by atoms with van der Waals surface area (Å²) in [4.78, 5) is 11.4. The standard InChI is InChI=1S/C27H36F3NO3/c1-4-33-25(32)6-5-15-31-17-19-7-13-23-21(16-19)10-14-24(26(23)27(28,29)30)34-22-11-8-20(9-12-22)18(2)3/h7,10,13-14,16,18,20,22,31H,4-6,8-9,11-12,15,17H2,1-3H3. The molecule has 2 aromatic rings. The number of alkyl halides is 3. The first-order valence-corrected chi connectivity index (χ1v) is 12.3. The number of carbonyl (C=O) groups is 1. The number of fused-ring (bicyclic) bond motifs is 1. The fraction of sp³-hybridized carbons (Fsp3) is 0.593. The maximum absolute atomic E-state index is 14.1. The Morgan fingerprint density at radius 1 is 1.12 bits per heavy atom. The van der Waals surface area contributed by atoms with Gasteiger partial charge in [0.2, 0.25) is 0 Å². The van der Waals surface area contributed by atoms with Crippen molar-refractivity contribution in [3.63, 3.8) is 0 Å². The molecule has 0 atom stereocenters. The number of hydrogen-bond acceptors (Lipinski definition) is 4. The van der Waals surface area contributed by atoms with Crippen LogP contribution in [0.4, 0.5) is 13.2 Å². The van der Waals surface area contributed by atoms with E-state index in [1.54, 1.807) is 25.1 Å². The summed E-state index contributed by atoms with van der Waals surface area (Å²) in [5.74, 6) is 0.919. The van der Waals surface area contributed by atoms with Gasteiger partial charge in [0.1, 0.15) is 11.3 Å². The Balaban J connectivity index is 1.68. The number of carbonyl (C=O) groups excluding carboxylic acids is 1. The first-order valence-electron chi connectivity index (χ1n) is 12.3. The smallest absolute Gasteiger partial charge is 0.420 e. The molecular weight excluding hydrogens is 443 g/mol. The van der Waals surface area contributed by atoms with Crippen molar-refractivity contribution in [3.8, 4) is 5.75 Å². The van der Waals surface area contributed by atoms with Crippen LogP contribution in [0.5, 0.6) is 5.75 Å². The van der Waals surface area contributed by atoms with Crippen molar-refractivity contribution in [2.45, 2.75) is 78.1 Å². The number of rotatable bonds is 10. The Labute approximate surface area is 200 Å². The fourth-order valence-corrected chi connectivity index (χ4v) is 4.74. The quantitative estimate of drug-likeness (QED) is 0.298. The molecule has 0 heterocycles. The highest BCUT2D eigenvalue weighted by Crippen LogP contribution is 2.43. The van der Waals surface area contributed by atoms with Crippen molar-refractivity contribution in [1.29, 1.82) is 0 Å². The zero-order chi connectivity index (χ0) is 24.7. The molecule has 0 bridgehead atoms. The van der Waals surface area contributed by atoms with Crippen LogP contribution in [0.3, 0.4) is 0 Å². The van der Waals surface area contributed by atoms with Crippen molar-refractivity contribution in [3.05, 3.63) is 41.5 Å². The maximum Gasteiger partial charge on any atom is 0.420 e. The van der Waals surface area contributed by atoms with E-state index in [9.17, 15) is 18.0 Å². The molecule has 0 aliphatic heterocycles. The summed E-state index contributed by atoms with van der Waals surface area (Å²) in [5.41, 5.74) is 0.197. The highest BCUT2D eigenvalue weighted by Gasteiger charge is 2.37. The highest BCUT2D eigenvalue weighted by atomic mass is 19.4. The minimum absolute atomic E-state index is 0.0714. The molecule has 0 radical (unpaired) electrons. The molecule has 0 unspecified atom stereocenters. The highest BCUT2D eigenvalue weighted by molar-refractivity contribution is 5.89. The second kappa shape index (κ2) is 11.9. The van der Waals surface area contributed by atoms with Gasteiger partial charge >= 0.3 is 12.1 Å². The average Bonchev–Trinajstić information content (AvgIpc) is 2.78. The molecule has 34 heavy (non-hydrogen) atoms. The van der Waals surface area contributed by atoms with Crippen LogP contribution in [0, 0.1) is 11.8 Å². The lowest BCUT2D eigenvalue weighted by Gasteiger charge is -2.31. The lowest BCUT2D eigenvalue weighted by Crippen LogP contribution is -2.27. The summed E-state index contributed by atoms with van der Waals surface area (Å²) in [6, 6.07) is 8.21. The van der Waals surface area contributed by atoms with E-state index >= 15 is 0 Å². The molecular formula is C27H36F3NO3. The van der Waals surface area contributed by atoms with E-state index in [0.717, 1.165) is 31.2 Å². The third-order valence-electron chi connectivity index (χ3n) is 6.65. The zero-order valence-electron chi connectivity index (χ0n) is 20.3. The van der Waals surface area contributed by atoms with Gasteiger partial charge in [0.25, 0.3) is 0 Å². The number of nitrogens with one attached hydrogen (secondary N) is 1. The van der Waals surface area contributed by atoms with Gasteiger partial charge < -0.3 is 14.8 Å². The number of esters is 1. The Morgan fingerprint density at radius 3 is 2.50 bits per heavy atom. The van der Waals surface area contributed by atoms with Gasteiger partial charge in [0.15, 0.2) is 0 Å². The predicted octanol–water partition coefficient (Wildman–Crippen LogP) is 6.89. The molecule has 188 valence electrons. The molecule has 7 heteroatoms. The van der Waals surface area contributed by atoms with Crippen LogP contribution in [0.25, 0.3) is 10.8 Å². The molecule has 0 amide bonds.